The zero-order valence-electron chi connectivity index (χ0n) is 22.1. The van der Waals surface area contributed by atoms with Gasteiger partial charge in [-0.1, -0.05) is 72.3 Å². The molecule has 0 spiro atoms. The highest BCUT2D eigenvalue weighted by Gasteiger charge is 2.18. The molecule has 0 amide bonds. The van der Waals surface area contributed by atoms with Crippen LogP contribution in [0.2, 0.25) is 0 Å². The average molecular weight is 542 g/mol. The Kier molecular flexibility index (Phi) is 11.2. The second kappa shape index (κ2) is 13.9. The molecule has 0 saturated heterocycles. The van der Waals surface area contributed by atoms with Crippen LogP contribution in [0.25, 0.3) is 0 Å². The predicted molar refractivity (Wildman–Crippen MR) is 145 cm³/mol. The van der Waals surface area contributed by atoms with Gasteiger partial charge < -0.3 is 15.2 Å². The van der Waals surface area contributed by atoms with E-state index in [1.165, 1.54) is 12.1 Å². The van der Waals surface area contributed by atoms with Gasteiger partial charge in [-0.05, 0) is 62.9 Å². The zero-order valence-corrected chi connectivity index (χ0v) is 22.9. The minimum absolute atomic E-state index is 0.0666. The van der Waals surface area contributed by atoms with Crippen LogP contribution in [0.3, 0.4) is 0 Å². The van der Waals surface area contributed by atoms with Gasteiger partial charge in [-0.2, -0.15) is 8.42 Å². The highest BCUT2D eigenvalue weighted by atomic mass is 32.2. The highest BCUT2D eigenvalue weighted by Crippen LogP contribution is 2.13. The maximum atomic E-state index is 12.1. The van der Waals surface area contributed by atoms with Gasteiger partial charge in [0.05, 0.1) is 11.3 Å². The molecule has 1 atom stereocenters. The molecule has 0 radical (unpaired) electrons. The Morgan fingerprint density at radius 2 is 1.42 bits per heavy atom. The van der Waals surface area contributed by atoms with Crippen molar-refractivity contribution in [1.29, 1.82) is 0 Å². The molecule has 3 N–H and O–H groups in total. The lowest BCUT2D eigenvalue weighted by Gasteiger charge is -2.19. The van der Waals surface area contributed by atoms with Gasteiger partial charge in [0.2, 0.25) is 0 Å². The Morgan fingerprint density at radius 1 is 0.868 bits per heavy atom. The van der Waals surface area contributed by atoms with Crippen LogP contribution in [0, 0.1) is 6.92 Å². The van der Waals surface area contributed by atoms with Gasteiger partial charge in [0.25, 0.3) is 10.1 Å². The van der Waals surface area contributed by atoms with Gasteiger partial charge in [-0.15, -0.1) is 0 Å². The maximum Gasteiger partial charge on any atom is 0.323 e. The van der Waals surface area contributed by atoms with Crippen molar-refractivity contribution in [3.63, 3.8) is 0 Å². The summed E-state index contributed by atoms with van der Waals surface area (Å²) in [6.07, 6.45) is 0.586. The fraction of sp³-hybridized carbons (Fsp3) is 0.310. The van der Waals surface area contributed by atoms with E-state index in [0.717, 1.165) is 22.3 Å². The summed E-state index contributed by atoms with van der Waals surface area (Å²) in [6, 6.07) is 22.2. The summed E-state index contributed by atoms with van der Waals surface area (Å²) in [5.74, 6) is -0.701. The van der Waals surface area contributed by atoms with Crippen LogP contribution < -0.4 is 5.73 Å². The number of hydrogen-bond donors (Lipinski definition) is 2. The molecule has 1 unspecified atom stereocenters. The first kappa shape index (κ1) is 30.7. The topological polar surface area (TPSA) is 133 Å². The predicted octanol–water partition coefficient (Wildman–Crippen LogP) is 4.43. The third kappa shape index (κ3) is 11.7. The van der Waals surface area contributed by atoms with Crippen LogP contribution in [0.5, 0.6) is 0 Å². The average Bonchev–Trinajstić information content (AvgIpc) is 2.83. The van der Waals surface area contributed by atoms with Gasteiger partial charge in [0.1, 0.15) is 18.2 Å². The molecule has 0 heterocycles. The number of hydrogen-bond acceptors (Lipinski definition) is 7. The number of ether oxygens (including phenoxy) is 2. The molecule has 0 aromatic heterocycles. The van der Waals surface area contributed by atoms with Gasteiger partial charge in [0, 0.05) is 0 Å². The SMILES string of the molecule is CC(C)(C)OC(=O)Cc1ccc(CC(N)C(=O)OCc2ccccc2)cc1.Cc1ccc(S(=O)(=O)O)cc1. The van der Waals surface area contributed by atoms with Crippen molar-refractivity contribution in [2.45, 2.75) is 63.7 Å². The number of carbonyl (C=O) groups is 2. The largest absolute Gasteiger partial charge is 0.460 e. The van der Waals surface area contributed by atoms with Crippen LogP contribution >= 0.6 is 0 Å². The molecule has 0 fully saturated rings. The fourth-order valence-electron chi connectivity index (χ4n) is 3.22. The van der Waals surface area contributed by atoms with Crippen molar-refractivity contribution < 1.29 is 32.0 Å². The molecule has 0 saturated carbocycles. The van der Waals surface area contributed by atoms with Gasteiger partial charge in [-0.25, -0.2) is 0 Å². The summed E-state index contributed by atoms with van der Waals surface area (Å²) in [6.45, 7) is 7.57. The number of carbonyl (C=O) groups excluding carboxylic acids is 2. The summed E-state index contributed by atoms with van der Waals surface area (Å²) in [5.41, 5.74) is 9.10. The Labute approximate surface area is 224 Å². The fourth-order valence-corrected chi connectivity index (χ4v) is 3.70. The summed E-state index contributed by atoms with van der Waals surface area (Å²) in [5, 5.41) is 0. The molecule has 8 nitrogen and oxygen atoms in total. The molecule has 0 bridgehead atoms. The van der Waals surface area contributed by atoms with Crippen LogP contribution in [0.4, 0.5) is 0 Å². The first-order chi connectivity index (χ1) is 17.7. The number of aryl methyl sites for hydroxylation is 1. The van der Waals surface area contributed by atoms with Gasteiger partial charge >= 0.3 is 11.9 Å². The summed E-state index contributed by atoms with van der Waals surface area (Å²) in [4.78, 5) is 23.9. The second-order valence-electron chi connectivity index (χ2n) is 9.77. The number of nitrogens with two attached hydrogens (primary N) is 1. The van der Waals surface area contributed by atoms with Crippen LogP contribution in [-0.4, -0.2) is 36.6 Å². The van der Waals surface area contributed by atoms with E-state index in [1.807, 2.05) is 82.3 Å². The Balaban J connectivity index is 0.000000384. The van der Waals surface area contributed by atoms with Crippen molar-refractivity contribution in [3.8, 4) is 0 Å². The molecular weight excluding hydrogens is 506 g/mol. The molecule has 3 aromatic rings. The minimum atomic E-state index is -4.02. The van der Waals surface area contributed by atoms with Crippen molar-refractivity contribution in [2.24, 2.45) is 5.73 Å². The van der Waals surface area contributed by atoms with E-state index in [4.69, 9.17) is 19.8 Å². The van der Waals surface area contributed by atoms with E-state index in [2.05, 4.69) is 0 Å². The molecule has 38 heavy (non-hydrogen) atoms. The monoisotopic (exact) mass is 541 g/mol. The standard InChI is InChI=1S/C22H27NO4.C7H8O3S/c1-22(2,3)27-20(24)14-17-11-9-16(10-12-17)13-19(23)21(25)26-15-18-7-5-4-6-8-18;1-6-2-4-7(5-3-6)11(8,9)10/h4-12,19H,13-15,23H2,1-3H3;2-5H,1H3,(H,8,9,10). The van der Waals surface area contributed by atoms with Crippen LogP contribution in [-0.2, 0) is 48.6 Å². The van der Waals surface area contributed by atoms with Crippen LogP contribution in [0.1, 0.15) is 43.0 Å². The Bertz CT molecular complexity index is 1280. The maximum absolute atomic E-state index is 12.1. The lowest BCUT2D eigenvalue weighted by molar-refractivity contribution is -0.154. The van der Waals surface area contributed by atoms with E-state index in [-0.39, 0.29) is 23.9 Å². The van der Waals surface area contributed by atoms with Crippen molar-refractivity contribution in [2.75, 3.05) is 0 Å². The molecule has 3 rings (SSSR count). The first-order valence-electron chi connectivity index (χ1n) is 12.0. The number of esters is 2. The van der Waals surface area contributed by atoms with Crippen LogP contribution in [0.15, 0.2) is 83.8 Å². The molecule has 0 aliphatic carbocycles. The second-order valence-corrected chi connectivity index (χ2v) is 11.2. The molecule has 0 aliphatic rings. The summed E-state index contributed by atoms with van der Waals surface area (Å²) >= 11 is 0. The molecule has 204 valence electrons. The normalized spacial score (nSPS) is 12.1. The third-order valence-electron chi connectivity index (χ3n) is 5.09. The molecule has 9 heteroatoms. The minimum Gasteiger partial charge on any atom is -0.460 e. The van der Waals surface area contributed by atoms with Gasteiger partial charge in [-0.3, -0.25) is 14.1 Å². The highest BCUT2D eigenvalue weighted by molar-refractivity contribution is 7.85. The van der Waals surface area contributed by atoms with Gasteiger partial charge in [0.15, 0.2) is 0 Å². The quantitative estimate of drug-likeness (QED) is 0.316. The van der Waals surface area contributed by atoms with Crippen molar-refractivity contribution in [1.82, 2.24) is 0 Å². The Morgan fingerprint density at radius 3 is 1.95 bits per heavy atom. The smallest absolute Gasteiger partial charge is 0.323 e. The van der Waals surface area contributed by atoms with E-state index in [0.29, 0.717) is 6.42 Å². The summed E-state index contributed by atoms with van der Waals surface area (Å²) < 4.78 is 40.1. The molecule has 0 aliphatic heterocycles. The number of benzene rings is 3. The number of rotatable bonds is 8. The molecular formula is C29H35NO7S. The lowest BCUT2D eigenvalue weighted by Crippen LogP contribution is -2.34. The van der Waals surface area contributed by atoms with E-state index in [9.17, 15) is 18.0 Å². The molecule has 3 aromatic carbocycles. The first-order valence-corrected chi connectivity index (χ1v) is 13.5. The van der Waals surface area contributed by atoms with E-state index >= 15 is 0 Å². The summed E-state index contributed by atoms with van der Waals surface area (Å²) in [7, 11) is -4.02. The van der Waals surface area contributed by atoms with Crippen molar-refractivity contribution in [3.05, 3.63) is 101 Å². The lowest BCUT2D eigenvalue weighted by atomic mass is 10.0. The van der Waals surface area contributed by atoms with Crippen molar-refractivity contribution >= 4 is 22.1 Å². The third-order valence-corrected chi connectivity index (χ3v) is 5.96. The van der Waals surface area contributed by atoms with E-state index in [1.54, 1.807) is 12.1 Å². The zero-order chi connectivity index (χ0) is 28.3. The van der Waals surface area contributed by atoms with E-state index < -0.39 is 27.7 Å². The Hall–Kier alpha value is -3.53.